The van der Waals surface area contributed by atoms with Gasteiger partial charge in [-0.3, -0.25) is 0 Å². The summed E-state index contributed by atoms with van der Waals surface area (Å²) in [7, 11) is 0. The molecule has 4 saturated carbocycles. The van der Waals surface area contributed by atoms with Gasteiger partial charge in [0.25, 0.3) is 0 Å². The van der Waals surface area contributed by atoms with Crippen molar-refractivity contribution in [3.8, 4) is 0 Å². The van der Waals surface area contributed by atoms with Crippen molar-refractivity contribution in [1.82, 2.24) is 0 Å². The molecule has 0 unspecified atom stereocenters. The van der Waals surface area contributed by atoms with E-state index in [1.54, 1.807) is 0 Å². The summed E-state index contributed by atoms with van der Waals surface area (Å²) >= 11 is 0. The Morgan fingerprint density at radius 2 is 1.61 bits per heavy atom. The molecular formula is C27H44O4. The van der Waals surface area contributed by atoms with Crippen molar-refractivity contribution in [1.29, 1.82) is 0 Å². The van der Waals surface area contributed by atoms with Crippen molar-refractivity contribution < 1.29 is 19.7 Å². The molecule has 0 aromatic rings. The molecule has 0 radical (unpaired) electrons. The van der Waals surface area contributed by atoms with E-state index in [0.717, 1.165) is 44.9 Å². The Balaban J connectivity index is 1.31. The molecule has 2 saturated heterocycles. The molecule has 6 fully saturated rings. The highest BCUT2D eigenvalue weighted by Crippen LogP contribution is 2.71. The van der Waals surface area contributed by atoms with Crippen molar-refractivity contribution >= 4 is 0 Å². The average Bonchev–Trinajstić information content (AvgIpc) is 3.24. The lowest BCUT2D eigenvalue weighted by Gasteiger charge is -2.62. The number of hydrogen-bond donors (Lipinski definition) is 2. The van der Waals surface area contributed by atoms with Crippen LogP contribution in [0.3, 0.4) is 0 Å². The van der Waals surface area contributed by atoms with Crippen molar-refractivity contribution in [2.75, 3.05) is 0 Å². The van der Waals surface area contributed by atoms with E-state index in [1.807, 2.05) is 0 Å². The zero-order valence-corrected chi connectivity index (χ0v) is 20.3. The molecule has 0 aromatic carbocycles. The number of ether oxygens (including phenoxy) is 2. The number of rotatable bonds is 0. The first-order valence-corrected chi connectivity index (χ1v) is 13.2. The molecule has 4 nitrogen and oxygen atoms in total. The van der Waals surface area contributed by atoms with Crippen molar-refractivity contribution in [2.24, 2.45) is 46.3 Å². The molecule has 176 valence electrons. The number of fused-ring (bicyclic) bond motifs is 7. The minimum absolute atomic E-state index is 0.0943. The monoisotopic (exact) mass is 432 g/mol. The van der Waals surface area contributed by atoms with Gasteiger partial charge in [-0.2, -0.15) is 0 Å². The minimum Gasteiger partial charge on any atom is -0.393 e. The maximum atomic E-state index is 11.7. The van der Waals surface area contributed by atoms with Gasteiger partial charge in [0.15, 0.2) is 5.79 Å². The molecule has 0 aromatic heterocycles. The van der Waals surface area contributed by atoms with Gasteiger partial charge in [-0.25, -0.2) is 0 Å². The quantitative estimate of drug-likeness (QED) is 0.571. The maximum absolute atomic E-state index is 11.7. The lowest BCUT2D eigenvalue weighted by atomic mass is 9.43. The standard InChI is InChI=1S/C27H44O4/c1-15-22-21(30-27(15)11-10-24(2,3)31-27)13-19-18-7-6-16-12-17(28)8-9-25(16,4)23(18)20(29)14-26(19,22)5/h15-23,28-29H,6-14H2,1-5H3/t15-,16-,17+,18-,19-,20-,21-,22-,23+,25-,26-,27+/m0/s1. The molecular weight excluding hydrogens is 388 g/mol. The fourth-order valence-corrected chi connectivity index (χ4v) is 10.5. The molecule has 4 aliphatic carbocycles. The fourth-order valence-electron chi connectivity index (χ4n) is 10.5. The van der Waals surface area contributed by atoms with Gasteiger partial charge in [-0.05, 0) is 106 Å². The Kier molecular flexibility index (Phi) is 4.48. The van der Waals surface area contributed by atoms with E-state index < -0.39 is 5.79 Å². The highest BCUT2D eigenvalue weighted by atomic mass is 16.7. The van der Waals surface area contributed by atoms with Crippen molar-refractivity contribution in [2.45, 2.75) is 122 Å². The highest BCUT2D eigenvalue weighted by molar-refractivity contribution is 5.17. The molecule has 0 bridgehead atoms. The number of aliphatic hydroxyl groups is 2. The number of hydrogen-bond acceptors (Lipinski definition) is 4. The van der Waals surface area contributed by atoms with Crippen LogP contribution in [0.25, 0.3) is 0 Å². The van der Waals surface area contributed by atoms with Crippen LogP contribution in [0.2, 0.25) is 0 Å². The first-order chi connectivity index (χ1) is 14.5. The lowest BCUT2D eigenvalue weighted by Crippen LogP contribution is -2.59. The van der Waals surface area contributed by atoms with Crippen LogP contribution < -0.4 is 0 Å². The van der Waals surface area contributed by atoms with E-state index >= 15 is 0 Å². The Bertz CT molecular complexity index is 752. The minimum atomic E-state index is -0.405. The topological polar surface area (TPSA) is 58.9 Å². The Morgan fingerprint density at radius 3 is 2.32 bits per heavy atom. The summed E-state index contributed by atoms with van der Waals surface area (Å²) in [4.78, 5) is 0. The largest absolute Gasteiger partial charge is 0.393 e. The second-order valence-corrected chi connectivity index (χ2v) is 13.7. The van der Waals surface area contributed by atoms with Gasteiger partial charge < -0.3 is 19.7 Å². The molecule has 2 aliphatic heterocycles. The van der Waals surface area contributed by atoms with Crippen LogP contribution in [-0.2, 0) is 9.47 Å². The normalized spacial score (nSPS) is 62.2. The molecule has 31 heavy (non-hydrogen) atoms. The second-order valence-electron chi connectivity index (χ2n) is 13.7. The van der Waals surface area contributed by atoms with Crippen LogP contribution in [0.5, 0.6) is 0 Å². The number of aliphatic hydroxyl groups excluding tert-OH is 2. The van der Waals surface area contributed by atoms with E-state index in [1.165, 1.54) is 12.8 Å². The summed E-state index contributed by atoms with van der Waals surface area (Å²) in [6.45, 7) is 11.7. The first kappa shape index (κ1) is 21.4. The van der Waals surface area contributed by atoms with Crippen LogP contribution in [-0.4, -0.2) is 39.9 Å². The SMILES string of the molecule is C[C@H]1[C@H]2[C@H](C[C@H]3[C@@H]4CC[C@H]5C[C@H](O)CC[C@]5(C)[C@H]4[C@@H](O)C[C@]23C)O[C@@]12CCC(C)(C)O2. The molecule has 6 rings (SSSR count). The van der Waals surface area contributed by atoms with E-state index in [9.17, 15) is 10.2 Å². The van der Waals surface area contributed by atoms with E-state index in [4.69, 9.17) is 9.47 Å². The second kappa shape index (κ2) is 6.49. The molecule has 2 N–H and O–H groups in total. The van der Waals surface area contributed by atoms with Gasteiger partial charge >= 0.3 is 0 Å². The smallest absolute Gasteiger partial charge is 0.172 e. The Morgan fingerprint density at radius 1 is 0.839 bits per heavy atom. The molecule has 12 atom stereocenters. The predicted molar refractivity (Wildman–Crippen MR) is 119 cm³/mol. The van der Waals surface area contributed by atoms with Crippen LogP contribution >= 0.6 is 0 Å². The van der Waals surface area contributed by atoms with E-state index in [2.05, 4.69) is 34.6 Å². The Labute approximate surface area is 188 Å². The third kappa shape index (κ3) is 2.74. The maximum Gasteiger partial charge on any atom is 0.172 e. The van der Waals surface area contributed by atoms with Gasteiger partial charge in [0.05, 0.1) is 23.9 Å². The zero-order valence-electron chi connectivity index (χ0n) is 20.3. The Hall–Kier alpha value is -0.160. The fraction of sp³-hybridized carbons (Fsp3) is 1.00. The highest BCUT2D eigenvalue weighted by Gasteiger charge is 2.71. The van der Waals surface area contributed by atoms with Gasteiger partial charge in [0.1, 0.15) is 0 Å². The van der Waals surface area contributed by atoms with Gasteiger partial charge in [0, 0.05) is 12.3 Å². The average molecular weight is 433 g/mol. The summed E-state index contributed by atoms with van der Waals surface area (Å²) in [6.07, 6.45) is 9.42. The van der Waals surface area contributed by atoms with Crippen LogP contribution in [0, 0.1) is 46.3 Å². The molecule has 6 aliphatic rings. The summed E-state index contributed by atoms with van der Waals surface area (Å²) in [5.41, 5.74) is 0.234. The summed E-state index contributed by atoms with van der Waals surface area (Å²) in [6, 6.07) is 0. The van der Waals surface area contributed by atoms with Crippen LogP contribution in [0.15, 0.2) is 0 Å². The van der Waals surface area contributed by atoms with Gasteiger partial charge in [-0.1, -0.05) is 20.8 Å². The summed E-state index contributed by atoms with van der Waals surface area (Å²) in [5, 5.41) is 22.0. The zero-order chi connectivity index (χ0) is 22.0. The molecule has 2 heterocycles. The van der Waals surface area contributed by atoms with Gasteiger partial charge in [0.2, 0.25) is 0 Å². The third-order valence-electron chi connectivity index (χ3n) is 11.8. The molecule has 0 amide bonds. The summed E-state index contributed by atoms with van der Waals surface area (Å²) in [5.74, 6) is 2.68. The third-order valence-corrected chi connectivity index (χ3v) is 11.8. The first-order valence-electron chi connectivity index (χ1n) is 13.2. The van der Waals surface area contributed by atoms with Crippen LogP contribution in [0.1, 0.15) is 92.4 Å². The predicted octanol–water partition coefficient (Wildman–Crippen LogP) is 4.91. The van der Waals surface area contributed by atoms with Crippen molar-refractivity contribution in [3.63, 3.8) is 0 Å². The van der Waals surface area contributed by atoms with E-state index in [-0.39, 0.29) is 34.7 Å². The lowest BCUT2D eigenvalue weighted by molar-refractivity contribution is -0.256. The molecule has 1 spiro atoms. The summed E-state index contributed by atoms with van der Waals surface area (Å²) < 4.78 is 13.5. The molecule has 4 heteroatoms. The van der Waals surface area contributed by atoms with Crippen LogP contribution in [0.4, 0.5) is 0 Å². The van der Waals surface area contributed by atoms with Crippen molar-refractivity contribution in [3.05, 3.63) is 0 Å². The van der Waals surface area contributed by atoms with E-state index in [0.29, 0.717) is 35.5 Å². The van der Waals surface area contributed by atoms with Gasteiger partial charge in [-0.15, -0.1) is 0 Å².